The van der Waals surface area contributed by atoms with Crippen LogP contribution in [0, 0.1) is 11.6 Å². The van der Waals surface area contributed by atoms with Crippen molar-refractivity contribution in [2.45, 2.75) is 0 Å². The molecule has 1 aliphatic rings. The Hall–Kier alpha value is -2.39. The lowest BCUT2D eigenvalue weighted by Gasteiger charge is -2.26. The fourth-order valence-electron chi connectivity index (χ4n) is 2.34. The summed E-state index contributed by atoms with van der Waals surface area (Å²) in [5.74, 6) is -0.929. The summed E-state index contributed by atoms with van der Waals surface area (Å²) in [6.07, 6.45) is 1.46. The highest BCUT2D eigenvalue weighted by Gasteiger charge is 2.11. The van der Waals surface area contributed by atoms with E-state index in [1.807, 2.05) is 0 Å². The topological polar surface area (TPSA) is 75.2 Å². The summed E-state index contributed by atoms with van der Waals surface area (Å²) in [4.78, 5) is 6.44. The highest BCUT2D eigenvalue weighted by Crippen LogP contribution is 2.21. The van der Waals surface area contributed by atoms with Crippen molar-refractivity contribution < 1.29 is 13.5 Å². The highest BCUT2D eigenvalue weighted by atomic mass is 19.1. The Balaban J connectivity index is 1.57. The molecule has 24 heavy (non-hydrogen) atoms. The van der Waals surface area contributed by atoms with E-state index in [0.717, 1.165) is 45.0 Å². The van der Waals surface area contributed by atoms with E-state index in [-0.39, 0.29) is 11.6 Å². The third-order valence-electron chi connectivity index (χ3n) is 3.60. The van der Waals surface area contributed by atoms with Gasteiger partial charge in [-0.1, -0.05) is 6.07 Å². The Morgan fingerprint density at radius 1 is 1.17 bits per heavy atom. The molecule has 2 N–H and O–H groups in total. The van der Waals surface area contributed by atoms with E-state index in [1.54, 1.807) is 0 Å². The first-order valence-electron chi connectivity index (χ1n) is 7.67. The second-order valence-electron chi connectivity index (χ2n) is 5.27. The van der Waals surface area contributed by atoms with Gasteiger partial charge in [0.15, 0.2) is 5.82 Å². The van der Waals surface area contributed by atoms with Crippen LogP contribution in [0.5, 0.6) is 0 Å². The minimum absolute atomic E-state index is 0.0235. The van der Waals surface area contributed by atoms with Crippen LogP contribution in [0.25, 0.3) is 0 Å². The van der Waals surface area contributed by atoms with Crippen LogP contribution in [0.1, 0.15) is 0 Å². The number of hydrogen-bond acceptors (Lipinski definition) is 7. The number of aromatic nitrogens is 3. The summed E-state index contributed by atoms with van der Waals surface area (Å²) >= 11 is 0. The van der Waals surface area contributed by atoms with Gasteiger partial charge in [0.2, 0.25) is 5.95 Å². The Labute approximate surface area is 138 Å². The molecule has 0 aliphatic carbocycles. The minimum Gasteiger partial charge on any atom is -0.379 e. The average molecular weight is 336 g/mol. The summed E-state index contributed by atoms with van der Waals surface area (Å²) in [6.45, 7) is 4.82. The number of benzene rings is 1. The lowest BCUT2D eigenvalue weighted by atomic mass is 10.3. The highest BCUT2D eigenvalue weighted by molar-refractivity contribution is 5.55. The van der Waals surface area contributed by atoms with Crippen molar-refractivity contribution in [1.29, 1.82) is 0 Å². The van der Waals surface area contributed by atoms with Crippen LogP contribution in [-0.2, 0) is 4.74 Å². The first kappa shape index (κ1) is 16.5. The van der Waals surface area contributed by atoms with Crippen molar-refractivity contribution in [3.8, 4) is 0 Å². The van der Waals surface area contributed by atoms with E-state index in [1.165, 1.54) is 12.3 Å². The number of halogens is 2. The van der Waals surface area contributed by atoms with Crippen molar-refractivity contribution >= 4 is 17.5 Å². The first-order valence-corrected chi connectivity index (χ1v) is 7.67. The molecular weight excluding hydrogens is 318 g/mol. The fourth-order valence-corrected chi connectivity index (χ4v) is 2.34. The second-order valence-corrected chi connectivity index (χ2v) is 5.27. The summed E-state index contributed by atoms with van der Waals surface area (Å²) in [5, 5.41) is 13.2. The molecule has 0 radical (unpaired) electrons. The van der Waals surface area contributed by atoms with Crippen LogP contribution in [0.3, 0.4) is 0 Å². The molecule has 2 aromatic rings. The maximum atomic E-state index is 13.6. The Morgan fingerprint density at radius 2 is 1.92 bits per heavy atom. The largest absolute Gasteiger partial charge is 0.379 e. The van der Waals surface area contributed by atoms with Gasteiger partial charge in [-0.25, -0.2) is 8.78 Å². The fraction of sp³-hybridized carbons (Fsp3) is 0.400. The van der Waals surface area contributed by atoms with Gasteiger partial charge in [0.05, 0.1) is 19.4 Å². The smallest absolute Gasteiger partial charge is 0.249 e. The molecule has 9 heteroatoms. The third-order valence-corrected chi connectivity index (χ3v) is 3.60. The van der Waals surface area contributed by atoms with Crippen molar-refractivity contribution in [2.24, 2.45) is 0 Å². The number of nitrogens with zero attached hydrogens (tertiary/aromatic N) is 4. The molecule has 2 heterocycles. The first-order chi connectivity index (χ1) is 11.7. The van der Waals surface area contributed by atoms with Crippen molar-refractivity contribution in [3.05, 3.63) is 36.0 Å². The van der Waals surface area contributed by atoms with Gasteiger partial charge in [0.25, 0.3) is 0 Å². The summed E-state index contributed by atoms with van der Waals surface area (Å²) in [7, 11) is 0. The van der Waals surface area contributed by atoms with Crippen molar-refractivity contribution in [2.75, 3.05) is 50.0 Å². The van der Waals surface area contributed by atoms with Crippen LogP contribution < -0.4 is 10.6 Å². The van der Waals surface area contributed by atoms with Gasteiger partial charge >= 0.3 is 0 Å². The number of ether oxygens (including phenoxy) is 1. The van der Waals surface area contributed by atoms with Gasteiger partial charge in [0.1, 0.15) is 17.3 Å². The molecule has 3 rings (SSSR count). The minimum atomic E-state index is -0.718. The molecule has 1 aromatic heterocycles. The van der Waals surface area contributed by atoms with E-state index < -0.39 is 11.6 Å². The van der Waals surface area contributed by atoms with Crippen LogP contribution >= 0.6 is 0 Å². The molecule has 0 atom stereocenters. The molecule has 0 bridgehead atoms. The van der Waals surface area contributed by atoms with Gasteiger partial charge in [-0.3, -0.25) is 4.90 Å². The molecule has 0 saturated carbocycles. The van der Waals surface area contributed by atoms with Crippen LogP contribution in [0.4, 0.5) is 26.2 Å². The molecular formula is C15H18F2N6O. The number of anilines is 3. The predicted molar refractivity (Wildman–Crippen MR) is 85.2 cm³/mol. The number of rotatable bonds is 6. The van der Waals surface area contributed by atoms with E-state index in [0.29, 0.717) is 12.4 Å². The Morgan fingerprint density at radius 3 is 2.67 bits per heavy atom. The maximum Gasteiger partial charge on any atom is 0.249 e. The maximum absolute atomic E-state index is 13.6. The predicted octanol–water partition coefficient (Wildman–Crippen LogP) is 1.64. The van der Waals surface area contributed by atoms with Crippen LogP contribution in [-0.4, -0.2) is 59.5 Å². The van der Waals surface area contributed by atoms with Crippen LogP contribution in [0.15, 0.2) is 24.4 Å². The molecule has 7 nitrogen and oxygen atoms in total. The number of para-hydroxylation sites is 1. The zero-order chi connectivity index (χ0) is 16.8. The van der Waals surface area contributed by atoms with Gasteiger partial charge in [0, 0.05) is 26.2 Å². The Bertz CT molecular complexity index is 661. The molecule has 0 spiro atoms. The summed E-state index contributed by atoms with van der Waals surface area (Å²) < 4.78 is 32.6. The molecule has 1 saturated heterocycles. The molecule has 1 fully saturated rings. The van der Waals surface area contributed by atoms with Crippen LogP contribution in [0.2, 0.25) is 0 Å². The quantitative estimate of drug-likeness (QED) is 0.830. The number of nitrogens with one attached hydrogen (secondary N) is 2. The number of morpholine rings is 1. The lowest BCUT2D eigenvalue weighted by molar-refractivity contribution is 0.0398. The summed E-state index contributed by atoms with van der Waals surface area (Å²) in [5.41, 5.74) is -0.301. The molecule has 1 aromatic carbocycles. The zero-order valence-corrected chi connectivity index (χ0v) is 13.0. The van der Waals surface area contributed by atoms with Crippen molar-refractivity contribution in [3.63, 3.8) is 0 Å². The standard InChI is InChI=1S/C15H18F2N6O/c16-11-2-1-3-12(17)14(11)21-15-20-13(10-19-22-15)18-4-5-23-6-8-24-9-7-23/h1-3,10H,4-9H2,(H2,18,20,21,22). The zero-order valence-electron chi connectivity index (χ0n) is 13.0. The molecule has 0 amide bonds. The third kappa shape index (κ3) is 4.33. The van der Waals surface area contributed by atoms with E-state index in [4.69, 9.17) is 4.74 Å². The van der Waals surface area contributed by atoms with Gasteiger partial charge in [-0.05, 0) is 12.1 Å². The lowest BCUT2D eigenvalue weighted by Crippen LogP contribution is -2.39. The van der Waals surface area contributed by atoms with Crippen molar-refractivity contribution in [1.82, 2.24) is 20.1 Å². The van der Waals surface area contributed by atoms with E-state index in [2.05, 4.69) is 30.7 Å². The molecule has 128 valence electrons. The number of hydrogen-bond donors (Lipinski definition) is 2. The van der Waals surface area contributed by atoms with Gasteiger partial charge in [-0.15, -0.1) is 5.10 Å². The second kappa shape index (κ2) is 7.93. The summed E-state index contributed by atoms with van der Waals surface area (Å²) in [6, 6.07) is 3.60. The molecule has 0 unspecified atom stereocenters. The monoisotopic (exact) mass is 336 g/mol. The van der Waals surface area contributed by atoms with Gasteiger partial charge in [-0.2, -0.15) is 10.1 Å². The van der Waals surface area contributed by atoms with Gasteiger partial charge < -0.3 is 15.4 Å². The Kier molecular flexibility index (Phi) is 5.44. The normalized spacial score (nSPS) is 15.2. The SMILES string of the molecule is Fc1cccc(F)c1Nc1nncc(NCCN2CCOCC2)n1. The van der Waals surface area contributed by atoms with E-state index >= 15 is 0 Å². The molecule has 1 aliphatic heterocycles. The average Bonchev–Trinajstić information content (AvgIpc) is 2.60. The van der Waals surface area contributed by atoms with E-state index in [9.17, 15) is 8.78 Å².